The maximum absolute atomic E-state index is 5.95. The molecule has 1 saturated heterocycles. The van der Waals surface area contributed by atoms with Crippen LogP contribution in [0.1, 0.15) is 30.0 Å². The molecule has 2 unspecified atom stereocenters. The Hall–Kier alpha value is -0.490. The summed E-state index contributed by atoms with van der Waals surface area (Å²) in [6.45, 7) is 4.84. The Morgan fingerprint density at radius 2 is 2.50 bits per heavy atom. The number of hydrogen-bond acceptors (Lipinski definition) is 5. The topological polar surface area (TPSA) is 57.4 Å². The van der Waals surface area contributed by atoms with Crippen molar-refractivity contribution >= 4 is 11.3 Å². The highest BCUT2D eigenvalue weighted by Crippen LogP contribution is 2.25. The first kappa shape index (κ1) is 12.0. The van der Waals surface area contributed by atoms with Crippen LogP contribution >= 0.6 is 11.3 Å². The van der Waals surface area contributed by atoms with Crippen LogP contribution in [0.5, 0.6) is 0 Å². The van der Waals surface area contributed by atoms with E-state index in [9.17, 15) is 0 Å². The number of hydrogen-bond donors (Lipinski definition) is 1. The summed E-state index contributed by atoms with van der Waals surface area (Å²) in [5.74, 6) is 0.260. The highest BCUT2D eigenvalue weighted by Gasteiger charge is 2.28. The van der Waals surface area contributed by atoms with Crippen LogP contribution in [0.3, 0.4) is 0 Å². The van der Waals surface area contributed by atoms with E-state index < -0.39 is 0 Å². The summed E-state index contributed by atoms with van der Waals surface area (Å²) in [5, 5.41) is 3.10. The zero-order valence-electron chi connectivity index (χ0n) is 9.52. The quantitative estimate of drug-likeness (QED) is 0.795. The van der Waals surface area contributed by atoms with Crippen molar-refractivity contribution in [3.05, 3.63) is 16.1 Å². The van der Waals surface area contributed by atoms with Crippen LogP contribution in [0.2, 0.25) is 0 Å². The average molecular weight is 242 g/mol. The number of rotatable bonds is 5. The minimum absolute atomic E-state index is 0.0894. The number of thiazole rings is 1. The molecule has 2 N–H and O–H groups in total. The van der Waals surface area contributed by atoms with Crippen molar-refractivity contribution in [2.24, 2.45) is 5.73 Å². The van der Waals surface area contributed by atoms with Crippen molar-refractivity contribution in [2.75, 3.05) is 19.8 Å². The zero-order chi connectivity index (χ0) is 11.4. The van der Waals surface area contributed by atoms with E-state index in [2.05, 4.69) is 17.3 Å². The van der Waals surface area contributed by atoms with Crippen LogP contribution in [0, 0.1) is 0 Å². The molecule has 0 aliphatic carbocycles. The molecule has 2 heterocycles. The average Bonchev–Trinajstić information content (AvgIpc) is 2.87. The molecule has 0 saturated carbocycles. The third-order valence-corrected chi connectivity index (χ3v) is 3.49. The van der Waals surface area contributed by atoms with Crippen LogP contribution in [0.25, 0.3) is 0 Å². The molecule has 1 fully saturated rings. The van der Waals surface area contributed by atoms with Crippen molar-refractivity contribution < 1.29 is 9.47 Å². The van der Waals surface area contributed by atoms with Crippen LogP contribution in [0.15, 0.2) is 5.38 Å². The van der Waals surface area contributed by atoms with Gasteiger partial charge < -0.3 is 15.2 Å². The van der Waals surface area contributed by atoms with Gasteiger partial charge in [0.05, 0.1) is 25.5 Å². The summed E-state index contributed by atoms with van der Waals surface area (Å²) in [6, 6.07) is 0.0894. The smallest absolute Gasteiger partial charge is 0.119 e. The molecule has 4 nitrogen and oxygen atoms in total. The molecule has 0 aromatic carbocycles. The maximum Gasteiger partial charge on any atom is 0.119 e. The highest BCUT2D eigenvalue weighted by atomic mass is 32.1. The van der Waals surface area contributed by atoms with Gasteiger partial charge in [0.1, 0.15) is 5.01 Å². The Bertz CT molecular complexity index is 330. The van der Waals surface area contributed by atoms with Gasteiger partial charge in [0, 0.05) is 23.9 Å². The van der Waals surface area contributed by atoms with Crippen LogP contribution in [-0.2, 0) is 16.1 Å². The second kappa shape index (κ2) is 5.72. The van der Waals surface area contributed by atoms with E-state index in [1.165, 1.54) is 0 Å². The van der Waals surface area contributed by atoms with Crippen LogP contribution in [0.4, 0.5) is 0 Å². The molecule has 1 aliphatic rings. The van der Waals surface area contributed by atoms with Gasteiger partial charge in [-0.15, -0.1) is 11.3 Å². The number of aromatic nitrogens is 1. The Morgan fingerprint density at radius 1 is 1.62 bits per heavy atom. The van der Waals surface area contributed by atoms with Gasteiger partial charge in [-0.2, -0.15) is 0 Å². The minimum Gasteiger partial charge on any atom is -0.379 e. The van der Waals surface area contributed by atoms with E-state index >= 15 is 0 Å². The van der Waals surface area contributed by atoms with Crippen molar-refractivity contribution in [2.45, 2.75) is 31.9 Å². The fourth-order valence-corrected chi connectivity index (χ4v) is 2.53. The molecule has 16 heavy (non-hydrogen) atoms. The van der Waals surface area contributed by atoms with E-state index in [4.69, 9.17) is 15.2 Å². The summed E-state index contributed by atoms with van der Waals surface area (Å²) >= 11 is 1.64. The fourth-order valence-electron chi connectivity index (χ4n) is 1.74. The SMILES string of the molecule is CCCOCc1nc(C2COCC2N)cs1. The molecule has 1 aromatic heterocycles. The van der Waals surface area contributed by atoms with Crippen LogP contribution < -0.4 is 5.73 Å². The number of ether oxygens (including phenoxy) is 2. The first-order valence-corrected chi connectivity index (χ1v) is 6.54. The molecule has 90 valence electrons. The standard InChI is InChI=1S/C11H18N2O2S/c1-2-3-14-6-11-13-10(7-16-11)8-4-15-5-9(8)12/h7-9H,2-6,12H2,1H3. The molecule has 5 heteroatoms. The molecule has 2 atom stereocenters. The molecule has 0 amide bonds. The van der Waals surface area contributed by atoms with Gasteiger partial charge in [0.2, 0.25) is 0 Å². The van der Waals surface area contributed by atoms with Crippen molar-refractivity contribution in [1.29, 1.82) is 0 Å². The summed E-state index contributed by atoms with van der Waals surface area (Å²) in [6.07, 6.45) is 1.04. The highest BCUT2D eigenvalue weighted by molar-refractivity contribution is 7.09. The minimum atomic E-state index is 0.0894. The fraction of sp³-hybridized carbons (Fsp3) is 0.727. The number of nitrogens with zero attached hydrogens (tertiary/aromatic N) is 1. The Labute approximate surface area is 99.8 Å². The second-order valence-electron chi connectivity index (χ2n) is 4.03. The van der Waals surface area contributed by atoms with Gasteiger partial charge in [-0.1, -0.05) is 6.92 Å². The maximum atomic E-state index is 5.95. The third-order valence-electron chi connectivity index (χ3n) is 2.65. The van der Waals surface area contributed by atoms with Gasteiger partial charge in [-0.3, -0.25) is 0 Å². The van der Waals surface area contributed by atoms with Gasteiger partial charge in [-0.25, -0.2) is 4.98 Å². The molecule has 1 aromatic rings. The van der Waals surface area contributed by atoms with Crippen LogP contribution in [-0.4, -0.2) is 30.8 Å². The normalized spacial score (nSPS) is 25.1. The third kappa shape index (κ3) is 2.79. The number of nitrogens with two attached hydrogens (primary N) is 1. The van der Waals surface area contributed by atoms with E-state index in [-0.39, 0.29) is 12.0 Å². The summed E-state index contributed by atoms with van der Waals surface area (Å²) in [7, 11) is 0. The van der Waals surface area contributed by atoms with Gasteiger partial charge in [-0.05, 0) is 6.42 Å². The Balaban J connectivity index is 1.91. The Kier molecular flexibility index (Phi) is 4.29. The van der Waals surface area contributed by atoms with E-state index in [0.29, 0.717) is 19.8 Å². The molecular formula is C11H18N2O2S. The monoisotopic (exact) mass is 242 g/mol. The first-order chi connectivity index (χ1) is 7.81. The van der Waals surface area contributed by atoms with Crippen molar-refractivity contribution in [1.82, 2.24) is 4.98 Å². The predicted octanol–water partition coefficient (Wildman–Crippen LogP) is 1.51. The summed E-state index contributed by atoms with van der Waals surface area (Å²) < 4.78 is 10.8. The molecule has 2 rings (SSSR count). The van der Waals surface area contributed by atoms with Gasteiger partial charge in [0.15, 0.2) is 0 Å². The summed E-state index contributed by atoms with van der Waals surface area (Å²) in [4.78, 5) is 4.55. The van der Waals surface area contributed by atoms with E-state index in [0.717, 1.165) is 23.7 Å². The second-order valence-corrected chi connectivity index (χ2v) is 4.97. The molecular weight excluding hydrogens is 224 g/mol. The summed E-state index contributed by atoms with van der Waals surface area (Å²) in [5.41, 5.74) is 7.01. The van der Waals surface area contributed by atoms with E-state index in [1.54, 1.807) is 11.3 Å². The van der Waals surface area contributed by atoms with Crippen molar-refractivity contribution in [3.8, 4) is 0 Å². The predicted molar refractivity (Wildman–Crippen MR) is 63.6 cm³/mol. The van der Waals surface area contributed by atoms with Gasteiger partial charge in [0.25, 0.3) is 0 Å². The molecule has 0 spiro atoms. The van der Waals surface area contributed by atoms with Crippen molar-refractivity contribution in [3.63, 3.8) is 0 Å². The Morgan fingerprint density at radius 3 is 3.19 bits per heavy atom. The van der Waals surface area contributed by atoms with E-state index in [1.807, 2.05) is 0 Å². The lowest BCUT2D eigenvalue weighted by Gasteiger charge is -2.09. The molecule has 1 aliphatic heterocycles. The first-order valence-electron chi connectivity index (χ1n) is 5.66. The lowest BCUT2D eigenvalue weighted by Crippen LogP contribution is -2.27. The lowest BCUT2D eigenvalue weighted by molar-refractivity contribution is 0.121. The molecule has 0 radical (unpaired) electrons. The zero-order valence-corrected chi connectivity index (χ0v) is 10.3. The molecule has 0 bridgehead atoms. The van der Waals surface area contributed by atoms with Gasteiger partial charge >= 0.3 is 0 Å². The largest absolute Gasteiger partial charge is 0.379 e. The lowest BCUT2D eigenvalue weighted by atomic mass is 10.0.